The SMILES string of the molecule is COc1ccc(CN2CCC[C@](c3ccccc3)(N(C)C)CCN(CC3(C#N)CCC3)C2=O)cc1. The van der Waals surface area contributed by atoms with E-state index in [1.807, 2.05) is 34.1 Å². The van der Waals surface area contributed by atoms with Crippen LogP contribution >= 0.6 is 0 Å². The first kappa shape index (κ1) is 25.1. The molecule has 6 nitrogen and oxygen atoms in total. The summed E-state index contributed by atoms with van der Waals surface area (Å²) in [4.78, 5) is 20.2. The number of methoxy groups -OCH3 is 1. The molecule has 1 saturated carbocycles. The maximum Gasteiger partial charge on any atom is 0.320 e. The van der Waals surface area contributed by atoms with E-state index in [2.05, 4.69) is 55.4 Å². The highest BCUT2D eigenvalue weighted by molar-refractivity contribution is 5.74. The Labute approximate surface area is 210 Å². The number of nitriles is 1. The van der Waals surface area contributed by atoms with Gasteiger partial charge in [0.1, 0.15) is 5.75 Å². The molecule has 4 rings (SSSR count). The summed E-state index contributed by atoms with van der Waals surface area (Å²) in [5, 5.41) is 9.93. The van der Waals surface area contributed by atoms with Crippen LogP contribution in [0.2, 0.25) is 0 Å². The van der Waals surface area contributed by atoms with Gasteiger partial charge in [0.15, 0.2) is 0 Å². The standard InChI is InChI=1S/C29H38N4O2/c1-31(2)29(25-9-5-4-6-10-25)17-8-19-32(21-24-11-13-26(35-3)14-12-24)27(34)33(20-18-29)23-28(22-30)15-7-16-28/h4-6,9-14H,7-8,15-21,23H2,1-3H3/t29-/m0/s1. The van der Waals surface area contributed by atoms with Crippen molar-refractivity contribution < 1.29 is 9.53 Å². The molecule has 1 saturated heterocycles. The second-order valence-corrected chi connectivity index (χ2v) is 10.4. The first-order chi connectivity index (χ1) is 16.9. The van der Waals surface area contributed by atoms with Crippen LogP contribution in [0.1, 0.15) is 49.7 Å². The number of benzene rings is 2. The highest BCUT2D eigenvalue weighted by Crippen LogP contribution is 2.42. The number of carbonyl (C=O) groups excluding carboxylic acids is 1. The molecule has 0 N–H and O–H groups in total. The topological polar surface area (TPSA) is 59.8 Å². The van der Waals surface area contributed by atoms with E-state index in [0.29, 0.717) is 26.2 Å². The first-order valence-electron chi connectivity index (χ1n) is 12.7. The highest BCUT2D eigenvalue weighted by atomic mass is 16.5. The Balaban J connectivity index is 1.64. The Kier molecular flexibility index (Phi) is 7.66. The maximum absolute atomic E-state index is 13.9. The van der Waals surface area contributed by atoms with E-state index in [0.717, 1.165) is 49.8 Å². The Bertz CT molecular complexity index is 1030. The van der Waals surface area contributed by atoms with Crippen LogP contribution in [0.15, 0.2) is 54.6 Å². The minimum atomic E-state index is -0.400. The molecule has 0 aromatic heterocycles. The van der Waals surface area contributed by atoms with E-state index in [-0.39, 0.29) is 11.6 Å². The number of ether oxygens (including phenoxy) is 1. The summed E-state index contributed by atoms with van der Waals surface area (Å²) in [5.41, 5.74) is 1.82. The van der Waals surface area contributed by atoms with Crippen LogP contribution < -0.4 is 4.74 Å². The van der Waals surface area contributed by atoms with Crippen molar-refractivity contribution in [2.45, 2.75) is 50.6 Å². The summed E-state index contributed by atoms with van der Waals surface area (Å²) < 4.78 is 5.30. The van der Waals surface area contributed by atoms with Crippen molar-refractivity contribution in [2.24, 2.45) is 5.41 Å². The first-order valence-corrected chi connectivity index (χ1v) is 12.7. The molecule has 2 aliphatic rings. The largest absolute Gasteiger partial charge is 0.497 e. The van der Waals surface area contributed by atoms with E-state index in [1.54, 1.807) is 7.11 Å². The third-order valence-corrected chi connectivity index (χ3v) is 8.10. The van der Waals surface area contributed by atoms with Gasteiger partial charge in [-0.1, -0.05) is 48.9 Å². The van der Waals surface area contributed by atoms with Crippen LogP contribution in [0, 0.1) is 16.7 Å². The molecular weight excluding hydrogens is 436 g/mol. The van der Waals surface area contributed by atoms with Crippen molar-refractivity contribution >= 4 is 6.03 Å². The fraction of sp³-hybridized carbons (Fsp3) is 0.517. The Hall–Kier alpha value is -3.04. The monoisotopic (exact) mass is 474 g/mol. The summed E-state index contributed by atoms with van der Waals surface area (Å²) >= 11 is 0. The quantitative estimate of drug-likeness (QED) is 0.550. The molecule has 0 radical (unpaired) electrons. The van der Waals surface area contributed by atoms with E-state index < -0.39 is 5.41 Å². The highest BCUT2D eigenvalue weighted by Gasteiger charge is 2.43. The zero-order valence-corrected chi connectivity index (χ0v) is 21.4. The van der Waals surface area contributed by atoms with Crippen LogP contribution in [0.25, 0.3) is 0 Å². The maximum atomic E-state index is 13.9. The number of amides is 2. The molecule has 1 atom stereocenters. The van der Waals surface area contributed by atoms with E-state index >= 15 is 0 Å². The van der Waals surface area contributed by atoms with Gasteiger partial charge in [-0.05, 0) is 69.5 Å². The Morgan fingerprint density at radius 1 is 0.943 bits per heavy atom. The molecule has 1 aliphatic heterocycles. The fourth-order valence-electron chi connectivity index (χ4n) is 5.66. The Morgan fingerprint density at radius 2 is 1.66 bits per heavy atom. The van der Waals surface area contributed by atoms with Crippen molar-refractivity contribution in [3.63, 3.8) is 0 Å². The van der Waals surface area contributed by atoms with Gasteiger partial charge in [0.25, 0.3) is 0 Å². The fourth-order valence-corrected chi connectivity index (χ4v) is 5.66. The number of hydrogen-bond acceptors (Lipinski definition) is 4. The molecule has 2 aromatic carbocycles. The van der Waals surface area contributed by atoms with E-state index in [9.17, 15) is 10.1 Å². The number of hydrogen-bond donors (Lipinski definition) is 0. The average molecular weight is 475 g/mol. The van der Waals surface area contributed by atoms with Gasteiger partial charge in [0.05, 0.1) is 18.6 Å². The molecule has 0 spiro atoms. The minimum Gasteiger partial charge on any atom is -0.497 e. The lowest BCUT2D eigenvalue weighted by molar-refractivity contribution is 0.0872. The van der Waals surface area contributed by atoms with Gasteiger partial charge in [-0.2, -0.15) is 5.26 Å². The van der Waals surface area contributed by atoms with Gasteiger partial charge < -0.3 is 14.5 Å². The van der Waals surface area contributed by atoms with Gasteiger partial charge in [-0.25, -0.2) is 4.79 Å². The summed E-state index contributed by atoms with van der Waals surface area (Å²) in [6, 6.07) is 21.2. The second kappa shape index (κ2) is 10.7. The van der Waals surface area contributed by atoms with Crippen molar-refractivity contribution in [1.82, 2.24) is 14.7 Å². The number of rotatable bonds is 7. The van der Waals surface area contributed by atoms with Crippen molar-refractivity contribution in [2.75, 3.05) is 40.8 Å². The van der Waals surface area contributed by atoms with E-state index in [1.165, 1.54) is 5.56 Å². The van der Waals surface area contributed by atoms with Crippen LogP contribution in [0.3, 0.4) is 0 Å². The van der Waals surface area contributed by atoms with Gasteiger partial charge in [-0.3, -0.25) is 4.90 Å². The van der Waals surface area contributed by atoms with Crippen LogP contribution in [-0.4, -0.2) is 61.6 Å². The smallest absolute Gasteiger partial charge is 0.320 e. The molecule has 6 heteroatoms. The number of urea groups is 1. The van der Waals surface area contributed by atoms with Gasteiger partial charge in [0.2, 0.25) is 0 Å². The predicted octanol–water partition coefficient (Wildman–Crippen LogP) is 5.25. The van der Waals surface area contributed by atoms with Crippen molar-refractivity contribution in [1.29, 1.82) is 5.26 Å². The molecule has 1 heterocycles. The molecule has 0 bridgehead atoms. The van der Waals surface area contributed by atoms with Crippen LogP contribution in [0.5, 0.6) is 5.75 Å². The molecule has 186 valence electrons. The second-order valence-electron chi connectivity index (χ2n) is 10.4. The molecule has 2 aromatic rings. The predicted molar refractivity (Wildman–Crippen MR) is 138 cm³/mol. The molecule has 2 fully saturated rings. The van der Waals surface area contributed by atoms with Crippen molar-refractivity contribution in [3.8, 4) is 11.8 Å². The van der Waals surface area contributed by atoms with Gasteiger partial charge in [0, 0.05) is 31.7 Å². The number of carbonyl (C=O) groups is 1. The molecule has 2 amide bonds. The Morgan fingerprint density at radius 3 is 2.23 bits per heavy atom. The normalized spacial score (nSPS) is 22.5. The summed E-state index contributed by atoms with van der Waals surface area (Å²) in [6.45, 7) is 2.39. The number of nitrogens with zero attached hydrogens (tertiary/aromatic N) is 4. The lowest BCUT2D eigenvalue weighted by Crippen LogP contribution is -2.50. The van der Waals surface area contributed by atoms with Gasteiger partial charge in [-0.15, -0.1) is 0 Å². The van der Waals surface area contributed by atoms with Crippen LogP contribution in [-0.2, 0) is 12.1 Å². The molecule has 1 aliphatic carbocycles. The lowest BCUT2D eigenvalue weighted by Gasteiger charge is -2.43. The minimum absolute atomic E-state index is 0.0463. The van der Waals surface area contributed by atoms with Crippen molar-refractivity contribution in [3.05, 3.63) is 65.7 Å². The third kappa shape index (κ3) is 5.31. The molecule has 0 unspecified atom stereocenters. The van der Waals surface area contributed by atoms with Crippen LogP contribution in [0.4, 0.5) is 4.79 Å². The summed E-state index contributed by atoms with van der Waals surface area (Å²) in [7, 11) is 5.96. The molecular formula is C29H38N4O2. The van der Waals surface area contributed by atoms with E-state index in [4.69, 9.17) is 4.74 Å². The molecule has 35 heavy (non-hydrogen) atoms. The summed E-state index contributed by atoms with van der Waals surface area (Å²) in [6.07, 6.45) is 5.54. The third-order valence-electron chi connectivity index (χ3n) is 8.10. The van der Waals surface area contributed by atoms with Gasteiger partial charge >= 0.3 is 6.03 Å². The average Bonchev–Trinajstić information content (AvgIpc) is 2.92. The zero-order valence-electron chi connectivity index (χ0n) is 21.4. The summed E-state index contributed by atoms with van der Waals surface area (Å²) in [5.74, 6) is 0.811. The lowest BCUT2D eigenvalue weighted by atomic mass is 9.69. The zero-order chi connectivity index (χ0) is 24.9.